The van der Waals surface area contributed by atoms with E-state index in [1.54, 1.807) is 0 Å². The van der Waals surface area contributed by atoms with Gasteiger partial charge in [-0.05, 0) is 36.6 Å². The fraction of sp³-hybridized carbons (Fsp3) is 0.556. The lowest BCUT2D eigenvalue weighted by Gasteiger charge is -2.22. The molecule has 0 saturated heterocycles. The van der Waals surface area contributed by atoms with Crippen molar-refractivity contribution < 1.29 is 0 Å². The fourth-order valence-electron chi connectivity index (χ4n) is 2.35. The van der Waals surface area contributed by atoms with Gasteiger partial charge >= 0.3 is 0 Å². The summed E-state index contributed by atoms with van der Waals surface area (Å²) in [4.78, 5) is 2.45. The van der Waals surface area contributed by atoms with Crippen LogP contribution in [0, 0.1) is 5.92 Å². The lowest BCUT2D eigenvalue weighted by molar-refractivity contribution is 0.294. The Kier molecular flexibility index (Phi) is 8.24. The largest absolute Gasteiger partial charge is 0.312 e. The lowest BCUT2D eigenvalue weighted by Crippen LogP contribution is -2.26. The first-order valence-electron chi connectivity index (χ1n) is 7.78. The number of benzene rings is 1. The molecule has 0 fully saturated rings. The average Bonchev–Trinajstić information content (AvgIpc) is 2.41. The predicted octanol–water partition coefficient (Wildman–Crippen LogP) is 3.83. The van der Waals surface area contributed by atoms with Crippen molar-refractivity contribution in [3.63, 3.8) is 0 Å². The highest BCUT2D eigenvalue weighted by atomic mass is 15.1. The molecule has 0 atom stereocenters. The number of nitrogens with one attached hydrogen (secondary N) is 1. The van der Waals surface area contributed by atoms with Crippen LogP contribution in [0.5, 0.6) is 0 Å². The van der Waals surface area contributed by atoms with Crippen molar-refractivity contribution in [3.8, 4) is 0 Å². The molecular formula is C18H30N2. The molecule has 0 aliphatic rings. The van der Waals surface area contributed by atoms with Crippen LogP contribution < -0.4 is 5.32 Å². The monoisotopic (exact) mass is 274 g/mol. The summed E-state index contributed by atoms with van der Waals surface area (Å²) in [6.45, 7) is 15.7. The molecule has 0 heterocycles. The van der Waals surface area contributed by atoms with Gasteiger partial charge in [-0.25, -0.2) is 0 Å². The summed E-state index contributed by atoms with van der Waals surface area (Å²) in [7, 11) is 0. The molecule has 2 nitrogen and oxygen atoms in total. The average molecular weight is 274 g/mol. The van der Waals surface area contributed by atoms with Gasteiger partial charge in [0.05, 0.1) is 0 Å². The number of hydrogen-bond donors (Lipinski definition) is 1. The van der Waals surface area contributed by atoms with Gasteiger partial charge in [0.25, 0.3) is 0 Å². The summed E-state index contributed by atoms with van der Waals surface area (Å²) in [5.74, 6) is 0.694. The fourth-order valence-corrected chi connectivity index (χ4v) is 2.35. The third-order valence-electron chi connectivity index (χ3n) is 3.31. The maximum absolute atomic E-state index is 3.86. The highest BCUT2D eigenvalue weighted by Gasteiger charge is 2.07. The normalized spacial score (nSPS) is 11.2. The topological polar surface area (TPSA) is 15.3 Å². The Labute approximate surface area is 124 Å². The molecular weight excluding hydrogens is 244 g/mol. The Morgan fingerprint density at radius 1 is 1.25 bits per heavy atom. The van der Waals surface area contributed by atoms with Gasteiger partial charge < -0.3 is 5.32 Å². The van der Waals surface area contributed by atoms with Crippen molar-refractivity contribution in [1.82, 2.24) is 10.2 Å². The maximum atomic E-state index is 3.86. The zero-order chi connectivity index (χ0) is 14.8. The molecule has 0 bridgehead atoms. The van der Waals surface area contributed by atoms with E-state index < -0.39 is 0 Å². The minimum atomic E-state index is 0.694. The predicted molar refractivity (Wildman–Crippen MR) is 88.8 cm³/mol. The van der Waals surface area contributed by atoms with E-state index >= 15 is 0 Å². The van der Waals surface area contributed by atoms with Crippen LogP contribution in [-0.4, -0.2) is 24.5 Å². The highest BCUT2D eigenvalue weighted by Crippen LogP contribution is 2.12. The van der Waals surface area contributed by atoms with Crippen molar-refractivity contribution in [2.45, 2.75) is 40.3 Å². The third-order valence-corrected chi connectivity index (χ3v) is 3.31. The summed E-state index contributed by atoms with van der Waals surface area (Å²) >= 11 is 0. The molecule has 0 spiro atoms. The van der Waals surface area contributed by atoms with Crippen LogP contribution in [0.3, 0.4) is 0 Å². The summed E-state index contributed by atoms with van der Waals surface area (Å²) in [5.41, 5.74) is 2.84. The van der Waals surface area contributed by atoms with Crippen molar-refractivity contribution in [1.29, 1.82) is 0 Å². The van der Waals surface area contributed by atoms with Crippen LogP contribution in [-0.2, 0) is 13.1 Å². The van der Waals surface area contributed by atoms with E-state index in [0.717, 1.165) is 32.7 Å². The standard InChI is InChI=1S/C18H30N2/c1-5-11-20(12-6-2)15-18-10-8-7-9-17(18)14-19-13-16(3)4/h5,7-10,16,19H,1,6,11-15H2,2-4H3. The Balaban J connectivity index is 2.65. The minimum absolute atomic E-state index is 0.694. The minimum Gasteiger partial charge on any atom is -0.312 e. The molecule has 1 aromatic rings. The van der Waals surface area contributed by atoms with Gasteiger partial charge in [-0.3, -0.25) is 4.90 Å². The Hall–Kier alpha value is -1.12. The summed E-state index contributed by atoms with van der Waals surface area (Å²) in [6.07, 6.45) is 3.18. The van der Waals surface area contributed by atoms with Crippen LogP contribution in [0.1, 0.15) is 38.3 Å². The molecule has 0 aromatic heterocycles. The van der Waals surface area contributed by atoms with E-state index in [-0.39, 0.29) is 0 Å². The van der Waals surface area contributed by atoms with Gasteiger partial charge in [0.1, 0.15) is 0 Å². The second kappa shape index (κ2) is 9.73. The number of nitrogens with zero attached hydrogens (tertiary/aromatic N) is 1. The maximum Gasteiger partial charge on any atom is 0.0240 e. The van der Waals surface area contributed by atoms with Gasteiger partial charge in [-0.2, -0.15) is 0 Å². The molecule has 0 saturated carbocycles. The summed E-state index contributed by atoms with van der Waals surface area (Å²) in [5, 5.41) is 3.54. The van der Waals surface area contributed by atoms with Gasteiger partial charge in [0, 0.05) is 19.6 Å². The number of hydrogen-bond acceptors (Lipinski definition) is 2. The van der Waals surface area contributed by atoms with Crippen molar-refractivity contribution in [2.75, 3.05) is 19.6 Å². The first kappa shape index (κ1) is 16.9. The third kappa shape index (κ3) is 6.36. The van der Waals surface area contributed by atoms with E-state index in [9.17, 15) is 0 Å². The zero-order valence-electron chi connectivity index (χ0n) is 13.4. The van der Waals surface area contributed by atoms with Crippen molar-refractivity contribution >= 4 is 0 Å². The Morgan fingerprint density at radius 3 is 2.55 bits per heavy atom. The van der Waals surface area contributed by atoms with E-state index in [0.29, 0.717) is 5.92 Å². The van der Waals surface area contributed by atoms with Crippen LogP contribution in [0.4, 0.5) is 0 Å². The van der Waals surface area contributed by atoms with E-state index in [2.05, 4.69) is 61.8 Å². The van der Waals surface area contributed by atoms with Crippen LogP contribution in [0.25, 0.3) is 0 Å². The lowest BCUT2D eigenvalue weighted by atomic mass is 10.1. The zero-order valence-corrected chi connectivity index (χ0v) is 13.4. The van der Waals surface area contributed by atoms with Gasteiger partial charge in [-0.15, -0.1) is 6.58 Å². The molecule has 1 aromatic carbocycles. The summed E-state index contributed by atoms with van der Waals surface area (Å²) in [6, 6.07) is 8.76. The smallest absolute Gasteiger partial charge is 0.0240 e. The molecule has 2 heteroatoms. The quantitative estimate of drug-likeness (QED) is 0.652. The highest BCUT2D eigenvalue weighted by molar-refractivity contribution is 5.27. The molecule has 0 amide bonds. The molecule has 0 radical (unpaired) electrons. The van der Waals surface area contributed by atoms with Crippen LogP contribution in [0.15, 0.2) is 36.9 Å². The molecule has 0 aliphatic carbocycles. The van der Waals surface area contributed by atoms with Crippen molar-refractivity contribution in [2.24, 2.45) is 5.92 Å². The Morgan fingerprint density at radius 2 is 1.95 bits per heavy atom. The van der Waals surface area contributed by atoms with Gasteiger partial charge in [0.15, 0.2) is 0 Å². The van der Waals surface area contributed by atoms with E-state index in [1.807, 2.05) is 6.08 Å². The molecule has 1 rings (SSSR count). The van der Waals surface area contributed by atoms with Crippen molar-refractivity contribution in [3.05, 3.63) is 48.0 Å². The SMILES string of the molecule is C=CCN(CCC)Cc1ccccc1CNCC(C)C. The van der Waals surface area contributed by atoms with Gasteiger partial charge in [0.2, 0.25) is 0 Å². The van der Waals surface area contributed by atoms with E-state index in [4.69, 9.17) is 0 Å². The molecule has 0 unspecified atom stereocenters. The Bertz CT molecular complexity index is 385. The molecule has 0 aliphatic heterocycles. The molecule has 112 valence electrons. The second-order valence-electron chi connectivity index (χ2n) is 5.82. The van der Waals surface area contributed by atoms with E-state index in [1.165, 1.54) is 17.5 Å². The molecule has 20 heavy (non-hydrogen) atoms. The van der Waals surface area contributed by atoms with Crippen LogP contribution in [0.2, 0.25) is 0 Å². The molecule has 1 N–H and O–H groups in total. The van der Waals surface area contributed by atoms with Gasteiger partial charge in [-0.1, -0.05) is 51.1 Å². The second-order valence-corrected chi connectivity index (χ2v) is 5.82. The summed E-state index contributed by atoms with van der Waals surface area (Å²) < 4.78 is 0. The first-order chi connectivity index (χ1) is 9.67. The van der Waals surface area contributed by atoms with Crippen LogP contribution >= 0.6 is 0 Å². The number of rotatable bonds is 10. The first-order valence-corrected chi connectivity index (χ1v) is 7.78.